The molecule has 8 nitrogen and oxygen atoms in total. The number of carbonyl (C=O) groups is 3. The third-order valence-corrected chi connectivity index (χ3v) is 4.89. The van der Waals surface area contributed by atoms with Gasteiger partial charge < -0.3 is 15.1 Å². The van der Waals surface area contributed by atoms with Crippen LogP contribution in [-0.2, 0) is 22.7 Å². The molecule has 3 rings (SSSR count). The van der Waals surface area contributed by atoms with Crippen molar-refractivity contribution in [3.8, 4) is 0 Å². The normalized spacial score (nSPS) is 14.9. The van der Waals surface area contributed by atoms with Crippen LogP contribution in [0.2, 0.25) is 0 Å². The first-order valence-electron chi connectivity index (χ1n) is 9.74. The number of imide groups is 1. The average molecular weight is 398 g/mol. The Kier molecular flexibility index (Phi) is 7.40. The van der Waals surface area contributed by atoms with Gasteiger partial charge in [0.25, 0.3) is 0 Å². The number of hydrogen-bond acceptors (Lipinski definition) is 5. The van der Waals surface area contributed by atoms with Crippen molar-refractivity contribution in [2.45, 2.75) is 25.9 Å². The zero-order valence-electron chi connectivity index (χ0n) is 16.2. The number of urea groups is 1. The Bertz CT molecular complexity index is 799. The maximum absolute atomic E-state index is 12.3. The SMILES string of the molecule is O=C(CN1CCC(C(=O)NCc2ccco2)CC1)NC(=O)NCc1ccccc1. The number of amides is 4. The summed E-state index contributed by atoms with van der Waals surface area (Å²) in [4.78, 5) is 38.1. The zero-order chi connectivity index (χ0) is 20.5. The van der Waals surface area contributed by atoms with Gasteiger partial charge in [0.05, 0.1) is 19.4 Å². The van der Waals surface area contributed by atoms with Crippen molar-refractivity contribution < 1.29 is 18.8 Å². The van der Waals surface area contributed by atoms with Crippen LogP contribution in [0.1, 0.15) is 24.2 Å². The Balaban J connectivity index is 1.31. The number of nitrogens with zero attached hydrogens (tertiary/aromatic N) is 1. The summed E-state index contributed by atoms with van der Waals surface area (Å²) in [5.74, 6) is 0.304. The van der Waals surface area contributed by atoms with E-state index in [1.807, 2.05) is 41.3 Å². The molecular formula is C21H26N4O4. The number of nitrogens with one attached hydrogen (secondary N) is 3. The number of piperidine rings is 1. The Morgan fingerprint density at radius 2 is 1.72 bits per heavy atom. The Labute approximate surface area is 169 Å². The molecule has 1 aliphatic rings. The van der Waals surface area contributed by atoms with Gasteiger partial charge in [-0.05, 0) is 43.6 Å². The number of hydrogen-bond donors (Lipinski definition) is 3. The van der Waals surface area contributed by atoms with Crippen molar-refractivity contribution in [3.63, 3.8) is 0 Å². The van der Waals surface area contributed by atoms with Gasteiger partial charge in [0.2, 0.25) is 11.8 Å². The molecule has 1 fully saturated rings. The molecule has 0 spiro atoms. The quantitative estimate of drug-likeness (QED) is 0.658. The van der Waals surface area contributed by atoms with E-state index in [0.717, 1.165) is 11.3 Å². The van der Waals surface area contributed by atoms with E-state index in [1.165, 1.54) is 0 Å². The molecule has 4 amide bonds. The molecule has 0 unspecified atom stereocenters. The van der Waals surface area contributed by atoms with Gasteiger partial charge in [-0.25, -0.2) is 4.79 Å². The van der Waals surface area contributed by atoms with Gasteiger partial charge in [-0.2, -0.15) is 0 Å². The number of carbonyl (C=O) groups excluding carboxylic acids is 3. The van der Waals surface area contributed by atoms with Crippen molar-refractivity contribution in [1.82, 2.24) is 20.9 Å². The Morgan fingerprint density at radius 3 is 2.41 bits per heavy atom. The van der Waals surface area contributed by atoms with Crippen molar-refractivity contribution in [2.75, 3.05) is 19.6 Å². The maximum atomic E-state index is 12.3. The van der Waals surface area contributed by atoms with E-state index in [2.05, 4.69) is 16.0 Å². The molecule has 0 radical (unpaired) electrons. The molecule has 8 heteroatoms. The first-order valence-corrected chi connectivity index (χ1v) is 9.74. The lowest BCUT2D eigenvalue weighted by Gasteiger charge is -2.30. The van der Waals surface area contributed by atoms with Crippen LogP contribution in [0.5, 0.6) is 0 Å². The van der Waals surface area contributed by atoms with Gasteiger partial charge >= 0.3 is 6.03 Å². The molecule has 1 aromatic carbocycles. The third-order valence-electron chi connectivity index (χ3n) is 4.89. The van der Waals surface area contributed by atoms with E-state index in [0.29, 0.717) is 39.0 Å². The molecule has 0 aliphatic carbocycles. The van der Waals surface area contributed by atoms with Crippen LogP contribution in [-0.4, -0.2) is 42.4 Å². The molecule has 2 aromatic rings. The molecule has 1 aromatic heterocycles. The van der Waals surface area contributed by atoms with Crippen LogP contribution in [0, 0.1) is 5.92 Å². The van der Waals surface area contributed by atoms with E-state index in [4.69, 9.17) is 4.42 Å². The number of rotatable bonds is 7. The lowest BCUT2D eigenvalue weighted by atomic mass is 9.96. The molecule has 0 atom stereocenters. The van der Waals surface area contributed by atoms with Crippen LogP contribution in [0.25, 0.3) is 0 Å². The second-order valence-electron chi connectivity index (χ2n) is 7.06. The summed E-state index contributed by atoms with van der Waals surface area (Å²) >= 11 is 0. The first-order chi connectivity index (χ1) is 14.1. The van der Waals surface area contributed by atoms with E-state index < -0.39 is 6.03 Å². The number of furan rings is 1. The summed E-state index contributed by atoms with van der Waals surface area (Å²) in [5, 5.41) is 7.89. The maximum Gasteiger partial charge on any atom is 0.321 e. The Hall–Kier alpha value is -3.13. The van der Waals surface area contributed by atoms with Gasteiger partial charge in [0, 0.05) is 12.5 Å². The monoisotopic (exact) mass is 398 g/mol. The Morgan fingerprint density at radius 1 is 0.966 bits per heavy atom. The van der Waals surface area contributed by atoms with Gasteiger partial charge in [0.1, 0.15) is 5.76 Å². The predicted molar refractivity (Wildman–Crippen MR) is 107 cm³/mol. The summed E-state index contributed by atoms with van der Waals surface area (Å²) in [6.07, 6.45) is 2.93. The second kappa shape index (κ2) is 10.4. The van der Waals surface area contributed by atoms with Gasteiger partial charge in [-0.3, -0.25) is 19.8 Å². The average Bonchev–Trinajstić information content (AvgIpc) is 3.25. The standard InChI is InChI=1S/C21H26N4O4/c26-19(24-21(28)23-13-16-5-2-1-3-6-16)15-25-10-8-17(9-11-25)20(27)22-14-18-7-4-12-29-18/h1-7,12,17H,8-11,13-15H2,(H,22,27)(H2,23,24,26,28). The van der Waals surface area contributed by atoms with E-state index in [1.54, 1.807) is 12.3 Å². The van der Waals surface area contributed by atoms with E-state index >= 15 is 0 Å². The highest BCUT2D eigenvalue weighted by Gasteiger charge is 2.26. The predicted octanol–water partition coefficient (Wildman–Crippen LogP) is 1.63. The molecule has 0 bridgehead atoms. The highest BCUT2D eigenvalue weighted by Crippen LogP contribution is 2.17. The van der Waals surface area contributed by atoms with Gasteiger partial charge in [0.15, 0.2) is 0 Å². The smallest absolute Gasteiger partial charge is 0.321 e. The number of benzene rings is 1. The lowest BCUT2D eigenvalue weighted by molar-refractivity contribution is -0.127. The summed E-state index contributed by atoms with van der Waals surface area (Å²) < 4.78 is 5.21. The summed E-state index contributed by atoms with van der Waals surface area (Å²) in [7, 11) is 0. The van der Waals surface area contributed by atoms with Crippen molar-refractivity contribution >= 4 is 17.8 Å². The summed E-state index contributed by atoms with van der Waals surface area (Å²) in [6.45, 7) is 2.15. The molecule has 29 heavy (non-hydrogen) atoms. The largest absolute Gasteiger partial charge is 0.467 e. The molecular weight excluding hydrogens is 372 g/mol. The van der Waals surface area contributed by atoms with Crippen LogP contribution < -0.4 is 16.0 Å². The molecule has 154 valence electrons. The zero-order valence-corrected chi connectivity index (χ0v) is 16.2. The molecule has 3 N–H and O–H groups in total. The van der Waals surface area contributed by atoms with Crippen molar-refractivity contribution in [2.24, 2.45) is 5.92 Å². The molecule has 2 heterocycles. The van der Waals surface area contributed by atoms with E-state index in [9.17, 15) is 14.4 Å². The van der Waals surface area contributed by atoms with Gasteiger partial charge in [-0.15, -0.1) is 0 Å². The van der Waals surface area contributed by atoms with Crippen LogP contribution >= 0.6 is 0 Å². The van der Waals surface area contributed by atoms with Crippen LogP contribution in [0.3, 0.4) is 0 Å². The second-order valence-corrected chi connectivity index (χ2v) is 7.06. The van der Waals surface area contributed by atoms with Crippen LogP contribution in [0.4, 0.5) is 4.79 Å². The summed E-state index contributed by atoms with van der Waals surface area (Å²) in [5.41, 5.74) is 0.961. The van der Waals surface area contributed by atoms with Crippen molar-refractivity contribution in [3.05, 3.63) is 60.1 Å². The minimum Gasteiger partial charge on any atom is -0.467 e. The minimum absolute atomic E-state index is 0.00536. The van der Waals surface area contributed by atoms with E-state index in [-0.39, 0.29) is 24.3 Å². The fourth-order valence-corrected chi connectivity index (χ4v) is 3.28. The molecule has 1 aliphatic heterocycles. The molecule has 1 saturated heterocycles. The topological polar surface area (TPSA) is 104 Å². The third kappa shape index (κ3) is 6.76. The lowest BCUT2D eigenvalue weighted by Crippen LogP contribution is -2.47. The fraction of sp³-hybridized carbons (Fsp3) is 0.381. The minimum atomic E-state index is -0.508. The van der Waals surface area contributed by atoms with Crippen molar-refractivity contribution in [1.29, 1.82) is 0 Å². The highest BCUT2D eigenvalue weighted by atomic mass is 16.3. The number of likely N-dealkylation sites (tertiary alicyclic amines) is 1. The first kappa shape index (κ1) is 20.6. The fourth-order valence-electron chi connectivity index (χ4n) is 3.28. The molecule has 0 saturated carbocycles. The van der Waals surface area contributed by atoms with Gasteiger partial charge in [-0.1, -0.05) is 30.3 Å². The highest BCUT2D eigenvalue weighted by molar-refractivity contribution is 5.95. The van der Waals surface area contributed by atoms with Crippen LogP contribution in [0.15, 0.2) is 53.1 Å². The summed E-state index contributed by atoms with van der Waals surface area (Å²) in [6, 6.07) is 12.6.